The van der Waals surface area contributed by atoms with Crippen molar-refractivity contribution in [3.63, 3.8) is 0 Å². The van der Waals surface area contributed by atoms with Crippen LogP contribution in [0.2, 0.25) is 0 Å². The summed E-state index contributed by atoms with van der Waals surface area (Å²) in [6.45, 7) is 0. The molecule has 0 atom stereocenters. The molecular formula is C42H28N2. The summed E-state index contributed by atoms with van der Waals surface area (Å²) in [6.07, 6.45) is 0. The first-order valence-corrected chi connectivity index (χ1v) is 15.1. The van der Waals surface area contributed by atoms with Crippen molar-refractivity contribution < 1.29 is 0 Å². The molecule has 9 aromatic rings. The van der Waals surface area contributed by atoms with Crippen LogP contribution in [-0.4, -0.2) is 9.13 Å². The van der Waals surface area contributed by atoms with Gasteiger partial charge in [-0.3, -0.25) is 0 Å². The maximum absolute atomic E-state index is 2.45. The fraction of sp³-hybridized carbons (Fsp3) is 0. The highest BCUT2D eigenvalue weighted by Crippen LogP contribution is 2.37. The topological polar surface area (TPSA) is 9.86 Å². The summed E-state index contributed by atoms with van der Waals surface area (Å²) in [7, 11) is 0. The summed E-state index contributed by atoms with van der Waals surface area (Å²) in [5.41, 5.74) is 6.98. The second kappa shape index (κ2) is 9.86. The van der Waals surface area contributed by atoms with Crippen LogP contribution in [0.25, 0.3) is 76.5 Å². The first-order valence-electron chi connectivity index (χ1n) is 15.1. The zero-order valence-electron chi connectivity index (χ0n) is 24.1. The molecule has 7 aromatic carbocycles. The molecule has 0 amide bonds. The Morgan fingerprint density at radius 3 is 1.07 bits per heavy atom. The molecule has 2 nitrogen and oxygen atoms in total. The average Bonchev–Trinajstić information content (AvgIpc) is 3.44. The van der Waals surface area contributed by atoms with Crippen molar-refractivity contribution in [1.82, 2.24) is 9.13 Å². The van der Waals surface area contributed by atoms with Gasteiger partial charge in [0, 0.05) is 32.9 Å². The van der Waals surface area contributed by atoms with Crippen LogP contribution in [0.5, 0.6) is 0 Å². The molecule has 2 heteroatoms. The van der Waals surface area contributed by atoms with Crippen molar-refractivity contribution in [1.29, 1.82) is 0 Å². The number of benzene rings is 7. The van der Waals surface area contributed by atoms with Crippen LogP contribution in [0.4, 0.5) is 0 Å². The standard InChI is InChI=1S/C42H28N2/c1-2-14-29(15-3-1)43-41-25-13-10-22-37(41)38-27-26-30(28-42(38)43)44-39-23-11-8-20-35(39)33-18-6-4-16-31(33)32-17-5-7-19-34(32)36-21-9-12-24-40(36)44/h1-28H. The molecule has 2 heterocycles. The van der Waals surface area contributed by atoms with Crippen LogP contribution in [-0.2, 0) is 0 Å². The van der Waals surface area contributed by atoms with Crippen LogP contribution in [0.3, 0.4) is 0 Å². The van der Waals surface area contributed by atoms with Crippen molar-refractivity contribution in [2.24, 2.45) is 0 Å². The fourth-order valence-corrected chi connectivity index (χ4v) is 7.06. The molecule has 0 aliphatic heterocycles. The molecule has 2 aromatic heterocycles. The smallest absolute Gasteiger partial charge is 0.0561 e. The number of fused-ring (bicyclic) bond motifs is 10. The molecule has 0 bridgehead atoms. The second-order valence-electron chi connectivity index (χ2n) is 11.4. The number of nitrogens with zero attached hydrogens (tertiary/aromatic N) is 2. The third kappa shape index (κ3) is 3.68. The van der Waals surface area contributed by atoms with Crippen LogP contribution in [0.15, 0.2) is 170 Å². The molecule has 9 rings (SSSR count). The molecule has 0 spiro atoms. The van der Waals surface area contributed by atoms with Crippen LogP contribution in [0, 0.1) is 0 Å². The lowest BCUT2D eigenvalue weighted by molar-refractivity contribution is 1.15. The van der Waals surface area contributed by atoms with E-state index in [1.807, 2.05) is 0 Å². The monoisotopic (exact) mass is 560 g/mol. The maximum atomic E-state index is 2.45. The predicted octanol–water partition coefficient (Wildman–Crippen LogP) is 11.3. The minimum absolute atomic E-state index is 1.12. The third-order valence-corrected chi connectivity index (χ3v) is 8.94. The minimum atomic E-state index is 1.12. The number of hydrogen-bond acceptors (Lipinski definition) is 0. The van der Waals surface area contributed by atoms with Crippen molar-refractivity contribution in [3.8, 4) is 11.4 Å². The summed E-state index contributed by atoms with van der Waals surface area (Å²) in [4.78, 5) is 0. The van der Waals surface area contributed by atoms with E-state index in [4.69, 9.17) is 0 Å². The maximum Gasteiger partial charge on any atom is 0.0561 e. The highest BCUT2D eigenvalue weighted by atomic mass is 15.0. The normalized spacial score (nSPS) is 11.6. The minimum Gasteiger partial charge on any atom is -0.309 e. The van der Waals surface area contributed by atoms with Crippen molar-refractivity contribution in [3.05, 3.63) is 170 Å². The fourth-order valence-electron chi connectivity index (χ4n) is 7.06. The largest absolute Gasteiger partial charge is 0.309 e. The van der Waals surface area contributed by atoms with Gasteiger partial charge in [-0.25, -0.2) is 0 Å². The molecule has 0 saturated carbocycles. The first-order chi connectivity index (χ1) is 21.9. The molecule has 44 heavy (non-hydrogen) atoms. The zero-order valence-corrected chi connectivity index (χ0v) is 24.1. The Kier molecular flexibility index (Phi) is 5.54. The summed E-state index contributed by atoms with van der Waals surface area (Å²) in [6, 6.07) is 61.6. The van der Waals surface area contributed by atoms with E-state index in [1.54, 1.807) is 0 Å². The van der Waals surface area contributed by atoms with Crippen molar-refractivity contribution in [2.45, 2.75) is 0 Å². The van der Waals surface area contributed by atoms with Crippen molar-refractivity contribution in [2.75, 3.05) is 0 Å². The predicted molar refractivity (Wildman–Crippen MR) is 188 cm³/mol. The molecule has 0 saturated heterocycles. The van der Waals surface area contributed by atoms with E-state index in [0.717, 1.165) is 22.4 Å². The average molecular weight is 561 g/mol. The second-order valence-corrected chi connectivity index (χ2v) is 11.4. The highest BCUT2D eigenvalue weighted by Gasteiger charge is 2.15. The van der Waals surface area contributed by atoms with E-state index in [2.05, 4.69) is 179 Å². The van der Waals surface area contributed by atoms with Crippen LogP contribution >= 0.6 is 0 Å². The van der Waals surface area contributed by atoms with Gasteiger partial charge in [0.25, 0.3) is 0 Å². The van der Waals surface area contributed by atoms with Gasteiger partial charge in [0.15, 0.2) is 0 Å². The van der Waals surface area contributed by atoms with Gasteiger partial charge in [-0.15, -0.1) is 0 Å². The molecule has 206 valence electrons. The highest BCUT2D eigenvalue weighted by molar-refractivity contribution is 6.19. The van der Waals surface area contributed by atoms with E-state index in [1.165, 1.54) is 54.1 Å². The van der Waals surface area contributed by atoms with E-state index in [0.29, 0.717) is 0 Å². The Morgan fingerprint density at radius 2 is 0.568 bits per heavy atom. The van der Waals surface area contributed by atoms with Crippen LogP contribution in [0.1, 0.15) is 0 Å². The summed E-state index contributed by atoms with van der Waals surface area (Å²) < 4.78 is 4.85. The van der Waals surface area contributed by atoms with Gasteiger partial charge in [0.05, 0.1) is 22.1 Å². The number of aromatic nitrogens is 2. The zero-order chi connectivity index (χ0) is 29.0. The van der Waals surface area contributed by atoms with Gasteiger partial charge >= 0.3 is 0 Å². The molecule has 0 unspecified atom stereocenters. The summed E-state index contributed by atoms with van der Waals surface area (Å²) >= 11 is 0. The summed E-state index contributed by atoms with van der Waals surface area (Å²) in [5.74, 6) is 0. The van der Waals surface area contributed by atoms with Gasteiger partial charge in [0.2, 0.25) is 0 Å². The molecular weight excluding hydrogens is 532 g/mol. The van der Waals surface area contributed by atoms with Gasteiger partial charge in [-0.1, -0.05) is 127 Å². The quantitative estimate of drug-likeness (QED) is 0.199. The van der Waals surface area contributed by atoms with E-state index in [9.17, 15) is 0 Å². The first kappa shape index (κ1) is 24.7. The van der Waals surface area contributed by atoms with Gasteiger partial charge < -0.3 is 9.13 Å². The summed E-state index contributed by atoms with van der Waals surface area (Å²) in [5, 5.41) is 9.86. The molecule has 0 fully saturated rings. The van der Waals surface area contributed by atoms with Gasteiger partial charge in [-0.2, -0.15) is 0 Å². The number of hydrogen-bond donors (Lipinski definition) is 0. The molecule has 0 N–H and O–H groups in total. The molecule has 0 aliphatic rings. The Bertz CT molecular complexity index is 2500. The third-order valence-electron chi connectivity index (χ3n) is 8.94. The Morgan fingerprint density at radius 1 is 0.227 bits per heavy atom. The molecule has 0 radical (unpaired) electrons. The molecule has 0 aliphatic carbocycles. The van der Waals surface area contributed by atoms with Gasteiger partial charge in [0.1, 0.15) is 0 Å². The SMILES string of the molecule is c1ccc(-n2c3ccccc3c3ccc(-n4c5ccccc5c5ccccc5c5ccccc5c5ccccc54)cc32)cc1. The Hall–Kier alpha value is -5.86. The van der Waals surface area contributed by atoms with Crippen LogP contribution < -0.4 is 0 Å². The van der Waals surface area contributed by atoms with E-state index in [-0.39, 0.29) is 0 Å². The Balaban J connectivity index is 1.53. The Labute approximate surface area is 255 Å². The van der Waals surface area contributed by atoms with Crippen molar-refractivity contribution >= 4 is 65.2 Å². The lowest BCUT2D eigenvalue weighted by atomic mass is 10.0. The van der Waals surface area contributed by atoms with E-state index < -0.39 is 0 Å². The van der Waals surface area contributed by atoms with Gasteiger partial charge in [-0.05, 0) is 64.0 Å². The number of rotatable bonds is 2. The lowest BCUT2D eigenvalue weighted by Gasteiger charge is -2.15. The van der Waals surface area contributed by atoms with E-state index >= 15 is 0 Å². The lowest BCUT2D eigenvalue weighted by Crippen LogP contribution is -1.99. The number of para-hydroxylation sites is 4.